The van der Waals surface area contributed by atoms with Crippen molar-refractivity contribution >= 4 is 5.97 Å². The van der Waals surface area contributed by atoms with Crippen LogP contribution in [-0.4, -0.2) is 150 Å². The smallest absolute Gasteiger partial charge is 0.315 e. The Morgan fingerprint density at radius 2 is 1.28 bits per heavy atom. The number of esters is 1. The lowest BCUT2D eigenvalue weighted by Crippen LogP contribution is -2.68. The zero-order valence-electron chi connectivity index (χ0n) is 34.2. The molecule has 0 unspecified atom stereocenters. The van der Waals surface area contributed by atoms with Crippen LogP contribution < -0.4 is 0 Å². The van der Waals surface area contributed by atoms with Crippen LogP contribution in [0.1, 0.15) is 99.3 Å². The van der Waals surface area contributed by atoms with Crippen LogP contribution in [0.3, 0.4) is 0 Å². The highest BCUT2D eigenvalue weighted by Gasteiger charge is 2.71. The van der Waals surface area contributed by atoms with E-state index in [0.29, 0.717) is 38.5 Å². The molecule has 15 nitrogen and oxygen atoms in total. The largest absolute Gasteiger partial charge is 0.432 e. The number of hydrogen-bond acceptors (Lipinski definition) is 15. The first-order chi connectivity index (χ1) is 26.6. The molecule has 5 aliphatic carbocycles. The Bertz CT molecular complexity index is 1540. The molecule has 2 heterocycles. The molecule has 2 saturated heterocycles. The number of rotatable bonds is 7. The standard InChI is InChI=1S/C42H68O15/c1-37(2)13-15-42(36(53)57-35-32(51)30(49)28(47)22(18-44)55-35)16-14-40(5)20(26(42)33(37)52)7-8-24-38(3)11-10-25(39(4,19-45)23(38)9-12-41(24,40)6)56-34-31(50)29(48)27(46)21(17-43)54-34/h7,21-35,43-52H,8-19H2,1-6H3/t21-,22-,23+,24-,25+,26+,27-,28-,29+,30+,31-,32-,33+,34+,35+,38+,39+,40-,41-,42+/m1/s1. The fraction of sp³-hybridized carbons (Fsp3) is 0.929. The second kappa shape index (κ2) is 14.9. The van der Waals surface area contributed by atoms with Crippen molar-refractivity contribution < 1.29 is 74.8 Å². The average molecular weight is 813 g/mol. The monoisotopic (exact) mass is 812 g/mol. The molecule has 0 amide bonds. The molecule has 6 fully saturated rings. The van der Waals surface area contributed by atoms with Gasteiger partial charge in [0.15, 0.2) is 6.29 Å². The van der Waals surface area contributed by atoms with E-state index in [-0.39, 0.29) is 29.3 Å². The van der Waals surface area contributed by atoms with Gasteiger partial charge in [0, 0.05) is 11.3 Å². The molecule has 326 valence electrons. The van der Waals surface area contributed by atoms with Gasteiger partial charge in [0.2, 0.25) is 6.29 Å². The topological polar surface area (TPSA) is 256 Å². The van der Waals surface area contributed by atoms with E-state index in [1.807, 2.05) is 20.8 Å². The number of allylic oxidation sites excluding steroid dienone is 1. The molecular formula is C42H68O15. The molecule has 57 heavy (non-hydrogen) atoms. The van der Waals surface area contributed by atoms with Gasteiger partial charge >= 0.3 is 5.97 Å². The SMILES string of the molecule is CC1(C)CC[C@]2(C(=O)O[C@@H]3O[C@H](CO)[C@@H](O)[C@H](O)[C@H]3O)CC[C@]3(C)C(=CC[C@@H]4[C@@]5(C)CC[C@H](O[C@@H]6O[C@H](CO)[C@@H](O)[C@H](O)[C@H]6O)[C@@](C)(CO)[C@H]5CC[C@]43C)[C@H]2[C@@H]1O. The van der Waals surface area contributed by atoms with Gasteiger partial charge in [-0.2, -0.15) is 0 Å². The van der Waals surface area contributed by atoms with Gasteiger partial charge in [-0.1, -0.05) is 53.2 Å². The van der Waals surface area contributed by atoms with E-state index in [0.717, 1.165) is 24.8 Å². The van der Waals surface area contributed by atoms with Crippen LogP contribution in [0.25, 0.3) is 0 Å². The maximum absolute atomic E-state index is 14.6. The Labute approximate surface area is 335 Å². The molecule has 0 bridgehead atoms. The third kappa shape index (κ3) is 6.26. The van der Waals surface area contributed by atoms with Crippen molar-refractivity contribution in [2.75, 3.05) is 19.8 Å². The predicted octanol–water partition coefficient (Wildman–Crippen LogP) is 0.260. The van der Waals surface area contributed by atoms with E-state index in [1.165, 1.54) is 0 Å². The second-order valence-electron chi connectivity index (χ2n) is 20.5. The minimum absolute atomic E-state index is 0.00865. The highest BCUT2D eigenvalue weighted by atomic mass is 16.7. The first-order valence-corrected chi connectivity index (χ1v) is 21.1. The van der Waals surface area contributed by atoms with E-state index in [4.69, 9.17) is 18.9 Å². The number of ether oxygens (including phenoxy) is 4. The lowest BCUT2D eigenvalue weighted by molar-refractivity contribution is -0.333. The number of carbonyl (C=O) groups is 1. The Balaban J connectivity index is 1.19. The fourth-order valence-corrected chi connectivity index (χ4v) is 13.6. The molecule has 10 N–H and O–H groups in total. The molecule has 15 heteroatoms. The summed E-state index contributed by atoms with van der Waals surface area (Å²) in [5, 5.41) is 106. The molecule has 20 atom stereocenters. The lowest BCUT2D eigenvalue weighted by atomic mass is 9.33. The van der Waals surface area contributed by atoms with Crippen LogP contribution in [0.15, 0.2) is 11.6 Å². The van der Waals surface area contributed by atoms with Gasteiger partial charge < -0.3 is 70.0 Å². The molecule has 7 rings (SSSR count). The van der Waals surface area contributed by atoms with Gasteiger partial charge in [0.25, 0.3) is 0 Å². The number of aliphatic hydroxyl groups is 10. The molecule has 4 saturated carbocycles. The maximum Gasteiger partial charge on any atom is 0.315 e. The summed E-state index contributed by atoms with van der Waals surface area (Å²) in [6, 6.07) is 0. The van der Waals surface area contributed by atoms with E-state index in [1.54, 1.807) is 0 Å². The maximum atomic E-state index is 14.6. The van der Waals surface area contributed by atoms with Gasteiger partial charge in [-0.3, -0.25) is 4.79 Å². The molecule has 0 aromatic heterocycles. The molecule has 0 aromatic carbocycles. The Morgan fingerprint density at radius 3 is 1.88 bits per heavy atom. The molecule has 0 radical (unpaired) electrons. The van der Waals surface area contributed by atoms with Gasteiger partial charge in [-0.15, -0.1) is 0 Å². The van der Waals surface area contributed by atoms with E-state index in [9.17, 15) is 55.9 Å². The van der Waals surface area contributed by atoms with Crippen LogP contribution in [0.4, 0.5) is 0 Å². The summed E-state index contributed by atoms with van der Waals surface area (Å²) in [4.78, 5) is 14.6. The Kier molecular flexibility index (Phi) is 11.5. The minimum atomic E-state index is -1.74. The summed E-state index contributed by atoms with van der Waals surface area (Å²) in [5.41, 5.74) is -2.40. The summed E-state index contributed by atoms with van der Waals surface area (Å²) < 4.78 is 23.7. The van der Waals surface area contributed by atoms with E-state index < -0.39 is 120 Å². The third-order valence-electron chi connectivity index (χ3n) is 17.6. The highest BCUT2D eigenvalue weighted by molar-refractivity contribution is 5.79. The molecule has 0 spiro atoms. The van der Waals surface area contributed by atoms with E-state index in [2.05, 4.69) is 26.8 Å². The van der Waals surface area contributed by atoms with Crippen LogP contribution in [-0.2, 0) is 23.7 Å². The van der Waals surface area contributed by atoms with Crippen LogP contribution in [0, 0.1) is 50.2 Å². The van der Waals surface area contributed by atoms with E-state index >= 15 is 0 Å². The molecular weight excluding hydrogens is 744 g/mol. The quantitative estimate of drug-likeness (QED) is 0.0940. The van der Waals surface area contributed by atoms with Crippen molar-refractivity contribution in [1.82, 2.24) is 0 Å². The number of fused-ring (bicyclic) bond motifs is 7. The summed E-state index contributed by atoms with van der Waals surface area (Å²) in [6.07, 6.45) is -8.69. The Morgan fingerprint density at radius 1 is 0.702 bits per heavy atom. The first kappa shape index (κ1) is 43.8. The van der Waals surface area contributed by atoms with Crippen LogP contribution in [0.2, 0.25) is 0 Å². The minimum Gasteiger partial charge on any atom is -0.432 e. The Hall–Kier alpha value is -1.31. The fourth-order valence-electron chi connectivity index (χ4n) is 13.6. The van der Waals surface area contributed by atoms with Crippen molar-refractivity contribution in [2.45, 2.75) is 173 Å². The van der Waals surface area contributed by atoms with Gasteiger partial charge in [-0.05, 0) is 91.3 Å². The van der Waals surface area contributed by atoms with Gasteiger partial charge in [-0.25, -0.2) is 0 Å². The van der Waals surface area contributed by atoms with Crippen molar-refractivity contribution in [1.29, 1.82) is 0 Å². The third-order valence-corrected chi connectivity index (χ3v) is 17.6. The van der Waals surface area contributed by atoms with Crippen molar-refractivity contribution in [3.05, 3.63) is 11.6 Å². The highest BCUT2D eigenvalue weighted by Crippen LogP contribution is 2.76. The number of hydrogen-bond donors (Lipinski definition) is 10. The lowest BCUT2D eigenvalue weighted by Gasteiger charge is -2.71. The summed E-state index contributed by atoms with van der Waals surface area (Å²) in [7, 11) is 0. The zero-order chi connectivity index (χ0) is 41.8. The molecule has 0 aromatic rings. The number of carbonyl (C=O) groups excluding carboxylic acids is 1. The van der Waals surface area contributed by atoms with Crippen molar-refractivity contribution in [3.8, 4) is 0 Å². The van der Waals surface area contributed by atoms with Crippen LogP contribution >= 0.6 is 0 Å². The summed E-state index contributed by atoms with van der Waals surface area (Å²) in [6.45, 7) is 11.5. The van der Waals surface area contributed by atoms with Crippen molar-refractivity contribution in [3.63, 3.8) is 0 Å². The number of aliphatic hydroxyl groups excluding tert-OH is 10. The second-order valence-corrected chi connectivity index (χ2v) is 20.5. The average Bonchev–Trinajstić information content (AvgIpc) is 3.17. The van der Waals surface area contributed by atoms with Gasteiger partial charge in [0.1, 0.15) is 48.8 Å². The van der Waals surface area contributed by atoms with Crippen molar-refractivity contribution in [2.24, 2.45) is 50.2 Å². The van der Waals surface area contributed by atoms with Crippen LogP contribution in [0.5, 0.6) is 0 Å². The normalized spacial score (nSPS) is 54.7. The molecule has 7 aliphatic rings. The summed E-state index contributed by atoms with van der Waals surface area (Å²) >= 11 is 0. The first-order valence-electron chi connectivity index (χ1n) is 21.1. The molecule has 2 aliphatic heterocycles. The summed E-state index contributed by atoms with van der Waals surface area (Å²) in [5.74, 6) is -1.11. The van der Waals surface area contributed by atoms with Gasteiger partial charge in [0.05, 0.1) is 37.4 Å². The zero-order valence-corrected chi connectivity index (χ0v) is 34.2. The predicted molar refractivity (Wildman–Crippen MR) is 200 cm³/mol.